The number of anilines is 1. The number of nitrogens with zero attached hydrogens (tertiary/aromatic N) is 3. The summed E-state index contributed by atoms with van der Waals surface area (Å²) in [5.41, 5.74) is 1.74. The van der Waals surface area contributed by atoms with Gasteiger partial charge in [0, 0.05) is 24.5 Å². The van der Waals surface area contributed by atoms with Gasteiger partial charge in [-0.3, -0.25) is 4.79 Å². The molecule has 4 rings (SSSR count). The van der Waals surface area contributed by atoms with Crippen LogP contribution < -0.4 is 10.1 Å². The van der Waals surface area contributed by atoms with Crippen LogP contribution in [0.5, 0.6) is 5.75 Å². The van der Waals surface area contributed by atoms with Crippen LogP contribution in [0.15, 0.2) is 48.8 Å². The Labute approximate surface area is 168 Å². The largest absolute Gasteiger partial charge is 0.494 e. The molecular weight excluding hydrogens is 371 g/mol. The third kappa shape index (κ3) is 4.13. The van der Waals surface area contributed by atoms with Crippen LogP contribution in [0, 0.1) is 5.82 Å². The van der Waals surface area contributed by atoms with E-state index >= 15 is 0 Å². The fourth-order valence-corrected chi connectivity index (χ4v) is 3.71. The molecule has 1 atom stereocenters. The van der Waals surface area contributed by atoms with Crippen molar-refractivity contribution in [1.82, 2.24) is 14.9 Å². The molecule has 150 valence electrons. The van der Waals surface area contributed by atoms with Gasteiger partial charge in [-0.1, -0.05) is 30.3 Å². The van der Waals surface area contributed by atoms with Crippen LogP contribution in [0.2, 0.25) is 0 Å². The predicted molar refractivity (Wildman–Crippen MR) is 109 cm³/mol. The van der Waals surface area contributed by atoms with Crippen LogP contribution in [0.1, 0.15) is 18.4 Å². The number of aromatic nitrogens is 2. The number of carbonyl (C=O) groups excluding carboxylic acids is 1. The summed E-state index contributed by atoms with van der Waals surface area (Å²) in [5.74, 6) is 0.221. The van der Waals surface area contributed by atoms with Crippen LogP contribution >= 0.6 is 0 Å². The van der Waals surface area contributed by atoms with Crippen molar-refractivity contribution >= 4 is 22.6 Å². The van der Waals surface area contributed by atoms with E-state index in [0.717, 1.165) is 19.4 Å². The van der Waals surface area contributed by atoms with Crippen molar-refractivity contribution in [3.05, 3.63) is 60.2 Å². The number of carbonyl (C=O) groups is 1. The lowest BCUT2D eigenvalue weighted by Gasteiger charge is -2.18. The van der Waals surface area contributed by atoms with Gasteiger partial charge in [-0.2, -0.15) is 0 Å². The van der Waals surface area contributed by atoms with Gasteiger partial charge < -0.3 is 15.0 Å². The van der Waals surface area contributed by atoms with E-state index in [9.17, 15) is 9.18 Å². The second kappa shape index (κ2) is 8.43. The normalized spacial score (nSPS) is 16.4. The zero-order chi connectivity index (χ0) is 20.2. The smallest absolute Gasteiger partial charge is 0.245 e. The molecule has 1 aromatic heterocycles. The van der Waals surface area contributed by atoms with Crippen LogP contribution in [0.3, 0.4) is 0 Å². The lowest BCUT2D eigenvalue weighted by atomic mass is 10.1. The van der Waals surface area contributed by atoms with Crippen molar-refractivity contribution < 1.29 is 13.9 Å². The molecule has 2 aromatic carbocycles. The van der Waals surface area contributed by atoms with Gasteiger partial charge in [0.2, 0.25) is 5.91 Å². The highest BCUT2D eigenvalue weighted by atomic mass is 19.1. The van der Waals surface area contributed by atoms with Gasteiger partial charge in [0.1, 0.15) is 18.2 Å². The van der Waals surface area contributed by atoms with E-state index in [1.807, 2.05) is 23.1 Å². The number of likely N-dealkylation sites (tertiary alicyclic amines) is 1. The second-order valence-electron chi connectivity index (χ2n) is 7.13. The van der Waals surface area contributed by atoms with Crippen LogP contribution in [0.25, 0.3) is 10.9 Å². The summed E-state index contributed by atoms with van der Waals surface area (Å²) in [5, 5.41) is 3.85. The molecule has 1 amide bonds. The number of benzene rings is 2. The standard InChI is InChI=1S/C22H23FN4O2/c1-29-20-12-16-19(13-17(20)23)24-14-25-21(16)26-18-9-11-27(22(18)28)10-5-8-15-6-3-2-4-7-15/h2-4,6-7,12-14,18H,5,8-11H2,1H3,(H,24,25,26). The SMILES string of the molecule is COc1cc2c(NC3CCN(CCCc4ccccc4)C3=O)ncnc2cc1F. The Morgan fingerprint density at radius 1 is 1.24 bits per heavy atom. The minimum absolute atomic E-state index is 0.0684. The molecule has 1 aliphatic rings. The zero-order valence-corrected chi connectivity index (χ0v) is 16.3. The van der Waals surface area contributed by atoms with E-state index in [2.05, 4.69) is 27.4 Å². The summed E-state index contributed by atoms with van der Waals surface area (Å²) in [6.07, 6.45) is 3.95. The number of nitrogens with one attached hydrogen (secondary N) is 1. The first-order chi connectivity index (χ1) is 14.2. The van der Waals surface area contributed by atoms with Gasteiger partial charge in [0.25, 0.3) is 0 Å². The van der Waals surface area contributed by atoms with Gasteiger partial charge >= 0.3 is 0 Å². The van der Waals surface area contributed by atoms with Crippen molar-refractivity contribution in [3.8, 4) is 5.75 Å². The number of ether oxygens (including phenoxy) is 1. The van der Waals surface area contributed by atoms with Gasteiger partial charge in [0.05, 0.1) is 12.6 Å². The Kier molecular flexibility index (Phi) is 5.55. The number of aryl methyl sites for hydroxylation is 1. The molecular formula is C22H23FN4O2. The summed E-state index contributed by atoms with van der Waals surface area (Å²) >= 11 is 0. The summed E-state index contributed by atoms with van der Waals surface area (Å²) in [4.78, 5) is 23.1. The quantitative estimate of drug-likeness (QED) is 0.665. The second-order valence-corrected chi connectivity index (χ2v) is 7.13. The Balaban J connectivity index is 1.42. The molecule has 6 nitrogen and oxygen atoms in total. The molecule has 3 aromatic rings. The third-order valence-corrected chi connectivity index (χ3v) is 5.25. The number of hydrogen-bond acceptors (Lipinski definition) is 5. The molecule has 0 bridgehead atoms. The molecule has 1 unspecified atom stereocenters. The molecule has 0 radical (unpaired) electrons. The van der Waals surface area contributed by atoms with Gasteiger partial charge in [-0.25, -0.2) is 14.4 Å². The summed E-state index contributed by atoms with van der Waals surface area (Å²) < 4.78 is 19.0. The topological polar surface area (TPSA) is 67.3 Å². The number of halogens is 1. The fraction of sp³-hybridized carbons (Fsp3) is 0.318. The zero-order valence-electron chi connectivity index (χ0n) is 16.3. The van der Waals surface area contributed by atoms with Crippen molar-refractivity contribution in [1.29, 1.82) is 0 Å². The Bertz CT molecular complexity index is 1010. The van der Waals surface area contributed by atoms with Crippen molar-refractivity contribution in [2.24, 2.45) is 0 Å². The first-order valence-corrected chi connectivity index (χ1v) is 9.73. The average molecular weight is 394 g/mol. The van der Waals surface area contributed by atoms with Gasteiger partial charge in [0.15, 0.2) is 11.6 Å². The monoisotopic (exact) mass is 394 g/mol. The van der Waals surface area contributed by atoms with Crippen LogP contribution in [-0.2, 0) is 11.2 Å². The van der Waals surface area contributed by atoms with Crippen LogP contribution in [-0.4, -0.2) is 47.0 Å². The van der Waals surface area contributed by atoms with Crippen molar-refractivity contribution in [2.75, 3.05) is 25.5 Å². The first-order valence-electron chi connectivity index (χ1n) is 9.73. The lowest BCUT2D eigenvalue weighted by molar-refractivity contribution is -0.128. The van der Waals surface area contributed by atoms with E-state index in [1.54, 1.807) is 6.07 Å². The molecule has 1 aliphatic heterocycles. The first kappa shape index (κ1) is 19.1. The maximum Gasteiger partial charge on any atom is 0.245 e. The Morgan fingerprint density at radius 2 is 2.07 bits per heavy atom. The number of fused-ring (bicyclic) bond motifs is 1. The van der Waals surface area contributed by atoms with E-state index in [-0.39, 0.29) is 17.7 Å². The van der Waals surface area contributed by atoms with Gasteiger partial charge in [-0.15, -0.1) is 0 Å². The number of methoxy groups -OCH3 is 1. The van der Waals surface area contributed by atoms with Crippen molar-refractivity contribution in [2.45, 2.75) is 25.3 Å². The summed E-state index contributed by atoms with van der Waals surface area (Å²) in [7, 11) is 1.41. The Morgan fingerprint density at radius 3 is 2.86 bits per heavy atom. The van der Waals surface area contributed by atoms with E-state index in [4.69, 9.17) is 4.74 Å². The fourth-order valence-electron chi connectivity index (χ4n) is 3.71. The molecule has 29 heavy (non-hydrogen) atoms. The molecule has 1 N–H and O–H groups in total. The highest BCUT2D eigenvalue weighted by Crippen LogP contribution is 2.28. The highest BCUT2D eigenvalue weighted by molar-refractivity contribution is 5.93. The van der Waals surface area contributed by atoms with E-state index in [1.165, 1.54) is 25.1 Å². The molecule has 0 aliphatic carbocycles. The molecule has 1 saturated heterocycles. The van der Waals surface area contributed by atoms with Crippen molar-refractivity contribution in [3.63, 3.8) is 0 Å². The maximum absolute atomic E-state index is 13.9. The highest BCUT2D eigenvalue weighted by Gasteiger charge is 2.31. The Hall–Kier alpha value is -3.22. The molecule has 2 heterocycles. The minimum atomic E-state index is -0.480. The number of hydrogen-bond donors (Lipinski definition) is 1. The average Bonchev–Trinajstić information content (AvgIpc) is 3.08. The molecule has 7 heteroatoms. The maximum atomic E-state index is 13.9. The van der Waals surface area contributed by atoms with Gasteiger partial charge in [-0.05, 0) is 30.9 Å². The number of amides is 1. The van der Waals surface area contributed by atoms with E-state index in [0.29, 0.717) is 29.7 Å². The molecule has 0 saturated carbocycles. The minimum Gasteiger partial charge on any atom is -0.494 e. The summed E-state index contributed by atoms with van der Waals surface area (Å²) in [6, 6.07) is 12.8. The molecule has 0 spiro atoms. The third-order valence-electron chi connectivity index (χ3n) is 5.25. The van der Waals surface area contributed by atoms with E-state index < -0.39 is 5.82 Å². The lowest BCUT2D eigenvalue weighted by Crippen LogP contribution is -2.34. The van der Waals surface area contributed by atoms with Crippen LogP contribution in [0.4, 0.5) is 10.2 Å². The summed E-state index contributed by atoms with van der Waals surface area (Å²) in [6.45, 7) is 1.45. The molecule has 1 fully saturated rings. The number of rotatable bonds is 7. The predicted octanol–water partition coefficient (Wildman–Crippen LogP) is 3.42.